The lowest BCUT2D eigenvalue weighted by Crippen LogP contribution is -2.38. The molecule has 17 heavy (non-hydrogen) atoms. The fraction of sp³-hybridized carbons (Fsp3) is 0.417. The van der Waals surface area contributed by atoms with E-state index in [1.807, 2.05) is 19.9 Å². The van der Waals surface area contributed by atoms with Crippen LogP contribution in [-0.2, 0) is 0 Å². The molecule has 0 spiro atoms. The molecule has 90 valence electrons. The lowest BCUT2D eigenvalue weighted by atomic mass is 10.2. The van der Waals surface area contributed by atoms with Gasteiger partial charge >= 0.3 is 0 Å². The van der Waals surface area contributed by atoms with Crippen LogP contribution in [0.2, 0.25) is 0 Å². The van der Waals surface area contributed by atoms with E-state index in [1.165, 1.54) is 17.2 Å². The van der Waals surface area contributed by atoms with Gasteiger partial charge in [0.15, 0.2) is 5.82 Å². The van der Waals surface area contributed by atoms with Gasteiger partial charge in [0.2, 0.25) is 0 Å². The second-order valence-electron chi connectivity index (χ2n) is 3.86. The van der Waals surface area contributed by atoms with Crippen LogP contribution >= 0.6 is 0 Å². The smallest absolute Gasteiger partial charge is 0.257 e. The summed E-state index contributed by atoms with van der Waals surface area (Å²) in [7, 11) is 0. The Morgan fingerprint density at radius 2 is 2.35 bits per heavy atom. The first-order valence-electron chi connectivity index (χ1n) is 5.35. The Kier molecular flexibility index (Phi) is 4.58. The number of hydrogen-bond acceptors (Lipinski definition) is 3. The first kappa shape index (κ1) is 13.1. The first-order valence-corrected chi connectivity index (χ1v) is 5.35. The third kappa shape index (κ3) is 3.25. The minimum atomic E-state index is -0.639. The molecule has 4 nitrogen and oxygen atoms in total. The molecular weight excluding hydrogens is 221 g/mol. The summed E-state index contributed by atoms with van der Waals surface area (Å²) < 4.78 is 13.4. The summed E-state index contributed by atoms with van der Waals surface area (Å²) in [5, 5.41) is 8.53. The maximum atomic E-state index is 13.4. The van der Waals surface area contributed by atoms with Crippen molar-refractivity contribution < 1.29 is 9.18 Å². The van der Waals surface area contributed by atoms with Crippen LogP contribution in [0.3, 0.4) is 0 Å². The Morgan fingerprint density at radius 3 is 2.88 bits per heavy atom. The maximum Gasteiger partial charge on any atom is 0.257 e. The molecule has 1 aromatic heterocycles. The fourth-order valence-electron chi connectivity index (χ4n) is 1.47. The normalized spacial score (nSPS) is 10.1. The highest BCUT2D eigenvalue weighted by Gasteiger charge is 2.21. The summed E-state index contributed by atoms with van der Waals surface area (Å²) in [6, 6.07) is 3.24. The SMILES string of the molecule is CC(C)N(CCC#N)C(=O)c1ccncc1F. The molecule has 0 aromatic carbocycles. The van der Waals surface area contributed by atoms with E-state index in [-0.39, 0.29) is 18.0 Å². The van der Waals surface area contributed by atoms with Gasteiger partial charge in [-0.1, -0.05) is 0 Å². The van der Waals surface area contributed by atoms with Crippen molar-refractivity contribution in [3.05, 3.63) is 29.8 Å². The lowest BCUT2D eigenvalue weighted by Gasteiger charge is -2.25. The van der Waals surface area contributed by atoms with Gasteiger partial charge < -0.3 is 4.90 Å². The zero-order valence-electron chi connectivity index (χ0n) is 9.85. The highest BCUT2D eigenvalue weighted by Crippen LogP contribution is 2.11. The van der Waals surface area contributed by atoms with Gasteiger partial charge in [-0.3, -0.25) is 9.78 Å². The summed E-state index contributed by atoms with van der Waals surface area (Å²) in [5.41, 5.74) is -0.00774. The van der Waals surface area contributed by atoms with Crippen LogP contribution in [0, 0.1) is 17.1 Å². The Morgan fingerprint density at radius 1 is 1.65 bits per heavy atom. The number of halogens is 1. The van der Waals surface area contributed by atoms with Crippen LogP contribution in [0.5, 0.6) is 0 Å². The topological polar surface area (TPSA) is 57.0 Å². The summed E-state index contributed by atoms with van der Waals surface area (Å²) >= 11 is 0. The van der Waals surface area contributed by atoms with Crippen LogP contribution in [0.1, 0.15) is 30.6 Å². The van der Waals surface area contributed by atoms with Gasteiger partial charge in [0, 0.05) is 18.8 Å². The van der Waals surface area contributed by atoms with Gasteiger partial charge in [-0.15, -0.1) is 0 Å². The second kappa shape index (κ2) is 5.94. The molecule has 0 bridgehead atoms. The molecule has 0 fully saturated rings. The number of carbonyl (C=O) groups is 1. The molecule has 0 saturated carbocycles. The van der Waals surface area contributed by atoms with Gasteiger partial charge in [0.1, 0.15) is 0 Å². The van der Waals surface area contributed by atoms with Crippen LogP contribution < -0.4 is 0 Å². The predicted molar refractivity (Wildman–Crippen MR) is 60.6 cm³/mol. The average molecular weight is 235 g/mol. The number of pyridine rings is 1. The molecule has 0 aliphatic rings. The van der Waals surface area contributed by atoms with E-state index in [9.17, 15) is 9.18 Å². The van der Waals surface area contributed by atoms with E-state index >= 15 is 0 Å². The van der Waals surface area contributed by atoms with E-state index in [0.29, 0.717) is 6.54 Å². The van der Waals surface area contributed by atoms with Crippen LogP contribution in [0.15, 0.2) is 18.5 Å². The molecular formula is C12H14FN3O. The number of rotatable bonds is 4. The van der Waals surface area contributed by atoms with Gasteiger partial charge in [-0.05, 0) is 19.9 Å². The molecule has 1 aromatic rings. The number of nitriles is 1. The van der Waals surface area contributed by atoms with E-state index in [2.05, 4.69) is 4.98 Å². The fourth-order valence-corrected chi connectivity index (χ4v) is 1.47. The van der Waals surface area contributed by atoms with Crippen LogP contribution in [0.25, 0.3) is 0 Å². The standard InChI is InChI=1S/C12H14FN3O/c1-9(2)16(7-3-5-14)12(17)10-4-6-15-8-11(10)13/h4,6,8-9H,3,7H2,1-2H3. The van der Waals surface area contributed by atoms with Gasteiger partial charge in [0.05, 0.1) is 24.3 Å². The zero-order chi connectivity index (χ0) is 12.8. The Balaban J connectivity index is 2.93. The molecule has 1 amide bonds. The minimum absolute atomic E-state index is 0.00774. The molecule has 0 radical (unpaired) electrons. The largest absolute Gasteiger partial charge is 0.335 e. The first-order chi connectivity index (χ1) is 8.07. The molecule has 0 atom stereocenters. The molecule has 1 heterocycles. The Bertz CT molecular complexity index is 440. The van der Waals surface area contributed by atoms with Crippen molar-refractivity contribution >= 4 is 5.91 Å². The van der Waals surface area contributed by atoms with Crippen molar-refractivity contribution in [3.63, 3.8) is 0 Å². The molecule has 5 heteroatoms. The number of aromatic nitrogens is 1. The monoisotopic (exact) mass is 235 g/mol. The minimum Gasteiger partial charge on any atom is -0.335 e. The van der Waals surface area contributed by atoms with Gasteiger partial charge in [0.25, 0.3) is 5.91 Å². The van der Waals surface area contributed by atoms with E-state index in [4.69, 9.17) is 5.26 Å². The van der Waals surface area contributed by atoms with Crippen LogP contribution in [0.4, 0.5) is 4.39 Å². The highest BCUT2D eigenvalue weighted by molar-refractivity contribution is 5.94. The second-order valence-corrected chi connectivity index (χ2v) is 3.86. The van der Waals surface area contributed by atoms with Crippen LogP contribution in [-0.4, -0.2) is 28.4 Å². The van der Waals surface area contributed by atoms with E-state index < -0.39 is 11.7 Å². The Hall–Kier alpha value is -1.96. The third-order valence-corrected chi connectivity index (χ3v) is 2.35. The van der Waals surface area contributed by atoms with Gasteiger partial charge in [-0.25, -0.2) is 4.39 Å². The quantitative estimate of drug-likeness (QED) is 0.801. The summed E-state index contributed by atoms with van der Waals surface area (Å²) in [6.07, 6.45) is 2.62. The van der Waals surface area contributed by atoms with Crippen molar-refractivity contribution in [3.8, 4) is 6.07 Å². The lowest BCUT2D eigenvalue weighted by molar-refractivity contribution is 0.0705. The zero-order valence-corrected chi connectivity index (χ0v) is 9.85. The van der Waals surface area contributed by atoms with Crippen molar-refractivity contribution in [1.82, 2.24) is 9.88 Å². The highest BCUT2D eigenvalue weighted by atomic mass is 19.1. The number of hydrogen-bond donors (Lipinski definition) is 0. The van der Waals surface area contributed by atoms with Gasteiger partial charge in [-0.2, -0.15) is 5.26 Å². The van der Waals surface area contributed by atoms with Crippen molar-refractivity contribution in [2.75, 3.05) is 6.54 Å². The third-order valence-electron chi connectivity index (χ3n) is 2.35. The number of nitrogens with zero attached hydrogens (tertiary/aromatic N) is 3. The van der Waals surface area contributed by atoms with E-state index in [0.717, 1.165) is 6.20 Å². The van der Waals surface area contributed by atoms with E-state index in [1.54, 1.807) is 0 Å². The molecule has 0 unspecified atom stereocenters. The molecule has 0 saturated heterocycles. The average Bonchev–Trinajstić information content (AvgIpc) is 2.29. The number of carbonyl (C=O) groups excluding carboxylic acids is 1. The van der Waals surface area contributed by atoms with Crippen molar-refractivity contribution in [2.24, 2.45) is 0 Å². The summed E-state index contributed by atoms with van der Waals surface area (Å²) in [5.74, 6) is -1.05. The molecule has 0 N–H and O–H groups in total. The maximum absolute atomic E-state index is 13.4. The summed E-state index contributed by atoms with van der Waals surface area (Å²) in [4.78, 5) is 17.1. The molecule has 0 aliphatic heterocycles. The van der Waals surface area contributed by atoms with Crippen molar-refractivity contribution in [2.45, 2.75) is 26.3 Å². The molecule has 0 aliphatic carbocycles. The number of amides is 1. The van der Waals surface area contributed by atoms with Crippen molar-refractivity contribution in [1.29, 1.82) is 5.26 Å². The predicted octanol–water partition coefficient (Wildman–Crippen LogP) is 1.98. The molecule has 1 rings (SSSR count). The summed E-state index contributed by atoms with van der Waals surface area (Å²) in [6.45, 7) is 3.96. The Labute approximate surface area is 99.7 Å².